The summed E-state index contributed by atoms with van der Waals surface area (Å²) in [6.07, 6.45) is 0.199. The molecule has 9 nitrogen and oxygen atoms in total. The lowest BCUT2D eigenvalue weighted by molar-refractivity contribution is 0.182. The Balaban J connectivity index is 1.68. The third-order valence-corrected chi connectivity index (χ3v) is 6.67. The summed E-state index contributed by atoms with van der Waals surface area (Å²) < 4.78 is 55.9. The van der Waals surface area contributed by atoms with E-state index in [0.717, 1.165) is 5.56 Å². The number of para-hydroxylation sites is 1. The second-order valence-corrected chi connectivity index (χ2v) is 9.50. The summed E-state index contributed by atoms with van der Waals surface area (Å²) in [5.41, 5.74) is 2.18. The lowest BCUT2D eigenvalue weighted by Gasteiger charge is -2.22. The molecular formula is C23H26FN3O6S. The average molecular weight is 492 g/mol. The molecule has 4 rings (SSSR count). The van der Waals surface area contributed by atoms with Crippen molar-refractivity contribution in [3.05, 3.63) is 65.1 Å². The number of aromatic nitrogens is 2. The first-order valence-corrected chi connectivity index (χ1v) is 12.2. The lowest BCUT2D eigenvalue weighted by Crippen LogP contribution is -2.27. The highest BCUT2D eigenvalue weighted by atomic mass is 32.2. The Labute approximate surface area is 197 Å². The van der Waals surface area contributed by atoms with Crippen LogP contribution in [0.1, 0.15) is 16.8 Å². The van der Waals surface area contributed by atoms with E-state index < -0.39 is 15.9 Å². The number of ether oxygens (including phenoxy) is 2. The van der Waals surface area contributed by atoms with Crippen LogP contribution in [0.2, 0.25) is 0 Å². The normalized spacial score (nSPS) is 14.5. The zero-order chi connectivity index (χ0) is 24.3. The molecule has 2 heterocycles. The van der Waals surface area contributed by atoms with Crippen LogP contribution < -0.4 is 13.7 Å². The fourth-order valence-corrected chi connectivity index (χ4v) is 4.87. The third-order valence-electron chi connectivity index (χ3n) is 5.55. The van der Waals surface area contributed by atoms with Crippen molar-refractivity contribution in [3.8, 4) is 23.1 Å². The molecule has 0 bridgehead atoms. The second kappa shape index (κ2) is 10.00. The smallest absolute Gasteiger partial charge is 0.311 e. The molecule has 0 saturated carbocycles. The molecule has 1 aliphatic rings. The van der Waals surface area contributed by atoms with Crippen molar-refractivity contribution < 1.29 is 31.6 Å². The van der Waals surface area contributed by atoms with Crippen molar-refractivity contribution in [2.45, 2.75) is 19.5 Å². The molecule has 0 amide bonds. The van der Waals surface area contributed by atoms with Gasteiger partial charge >= 0.3 is 10.1 Å². The van der Waals surface area contributed by atoms with E-state index in [1.54, 1.807) is 32.4 Å². The van der Waals surface area contributed by atoms with E-state index in [0.29, 0.717) is 42.4 Å². The number of hydrogen-bond donors (Lipinski definition) is 1. The van der Waals surface area contributed by atoms with Crippen molar-refractivity contribution in [2.75, 3.05) is 33.1 Å². The average Bonchev–Trinajstić information content (AvgIpc) is 3.15. The molecule has 11 heteroatoms. The minimum atomic E-state index is -3.79. The number of rotatable bonds is 9. The van der Waals surface area contributed by atoms with Crippen LogP contribution in [0.15, 0.2) is 42.5 Å². The predicted octanol–water partition coefficient (Wildman–Crippen LogP) is 2.29. The zero-order valence-electron chi connectivity index (χ0n) is 18.9. The van der Waals surface area contributed by atoms with Crippen LogP contribution in [0.25, 0.3) is 5.69 Å². The van der Waals surface area contributed by atoms with Gasteiger partial charge in [0.1, 0.15) is 11.5 Å². The van der Waals surface area contributed by atoms with Gasteiger partial charge in [0.2, 0.25) is 5.88 Å². The highest BCUT2D eigenvalue weighted by molar-refractivity contribution is 7.87. The van der Waals surface area contributed by atoms with Crippen LogP contribution >= 0.6 is 0 Å². The van der Waals surface area contributed by atoms with E-state index in [-0.39, 0.29) is 30.3 Å². The van der Waals surface area contributed by atoms with Gasteiger partial charge < -0.3 is 18.8 Å². The first-order valence-electron chi connectivity index (χ1n) is 10.7. The second-order valence-electron chi connectivity index (χ2n) is 7.81. The largest absolute Gasteiger partial charge is 0.493 e. The Morgan fingerprint density at radius 2 is 1.91 bits per heavy atom. The van der Waals surface area contributed by atoms with Gasteiger partial charge in [0.05, 0.1) is 32.3 Å². The van der Waals surface area contributed by atoms with Crippen LogP contribution in [0.5, 0.6) is 17.4 Å². The molecular weight excluding hydrogens is 465 g/mol. The predicted molar refractivity (Wildman–Crippen MR) is 122 cm³/mol. The minimum absolute atomic E-state index is 0.00131. The highest BCUT2D eigenvalue weighted by Crippen LogP contribution is 2.34. The van der Waals surface area contributed by atoms with E-state index in [2.05, 4.69) is 5.10 Å². The molecule has 0 saturated heterocycles. The molecule has 0 aliphatic carbocycles. The standard InChI is InChI=1S/C23H26FN3O6S/c1-31-21-8-7-16(13-22(21)32-2)14-26(10-11-28)15-19-17-9-12-34(29,30)33-23(17)27(25-19)20-6-4-3-5-18(20)24/h3-8,13,28H,9-12,14-15H2,1-2H3. The van der Waals surface area contributed by atoms with Crippen LogP contribution in [0.3, 0.4) is 0 Å². The molecule has 0 atom stereocenters. The molecule has 34 heavy (non-hydrogen) atoms. The monoisotopic (exact) mass is 491 g/mol. The van der Waals surface area contributed by atoms with Gasteiger partial charge in [-0.05, 0) is 36.2 Å². The number of halogens is 1. The number of methoxy groups -OCH3 is 2. The van der Waals surface area contributed by atoms with Gasteiger partial charge in [0, 0.05) is 25.2 Å². The van der Waals surface area contributed by atoms with Gasteiger partial charge in [-0.3, -0.25) is 4.90 Å². The van der Waals surface area contributed by atoms with Gasteiger partial charge in [0.25, 0.3) is 0 Å². The lowest BCUT2D eigenvalue weighted by atomic mass is 10.1. The van der Waals surface area contributed by atoms with Crippen LogP contribution in [0, 0.1) is 5.82 Å². The van der Waals surface area contributed by atoms with E-state index >= 15 is 0 Å². The first kappa shape index (κ1) is 24.0. The maximum atomic E-state index is 14.5. The van der Waals surface area contributed by atoms with Crippen molar-refractivity contribution in [2.24, 2.45) is 0 Å². The molecule has 1 aromatic heterocycles. The summed E-state index contributed by atoms with van der Waals surface area (Å²) in [5.74, 6) is 0.454. The summed E-state index contributed by atoms with van der Waals surface area (Å²) in [5, 5.41) is 14.2. The Bertz CT molecular complexity index is 1280. The summed E-state index contributed by atoms with van der Waals surface area (Å²) in [7, 11) is -0.670. The summed E-state index contributed by atoms with van der Waals surface area (Å²) in [6, 6.07) is 11.5. The summed E-state index contributed by atoms with van der Waals surface area (Å²) >= 11 is 0. The van der Waals surface area contributed by atoms with Crippen LogP contribution in [0.4, 0.5) is 4.39 Å². The van der Waals surface area contributed by atoms with Gasteiger partial charge in [-0.25, -0.2) is 4.39 Å². The SMILES string of the molecule is COc1ccc(CN(CCO)Cc2nn(-c3ccccc3F)c3c2CCS(=O)(=O)O3)cc1OC. The topological polar surface area (TPSA) is 103 Å². The molecule has 0 spiro atoms. The Morgan fingerprint density at radius 3 is 2.62 bits per heavy atom. The Hall–Kier alpha value is -3.15. The van der Waals surface area contributed by atoms with Crippen LogP contribution in [-0.2, 0) is 29.6 Å². The van der Waals surface area contributed by atoms with E-state index in [9.17, 15) is 17.9 Å². The molecule has 2 aromatic carbocycles. The number of fused-ring (bicyclic) bond motifs is 1. The quantitative estimate of drug-likeness (QED) is 0.455. The Morgan fingerprint density at radius 1 is 1.15 bits per heavy atom. The first-order chi connectivity index (χ1) is 16.3. The zero-order valence-corrected chi connectivity index (χ0v) is 19.7. The van der Waals surface area contributed by atoms with Crippen molar-refractivity contribution in [3.63, 3.8) is 0 Å². The van der Waals surface area contributed by atoms with Gasteiger partial charge in [-0.2, -0.15) is 18.2 Å². The van der Waals surface area contributed by atoms with Gasteiger partial charge in [-0.1, -0.05) is 18.2 Å². The van der Waals surface area contributed by atoms with Crippen molar-refractivity contribution >= 4 is 10.1 Å². The fourth-order valence-electron chi connectivity index (χ4n) is 3.92. The number of aliphatic hydroxyl groups excluding tert-OH is 1. The number of aliphatic hydroxyl groups is 1. The summed E-state index contributed by atoms with van der Waals surface area (Å²) in [6.45, 7) is 1.01. The minimum Gasteiger partial charge on any atom is -0.493 e. The Kier molecular flexibility index (Phi) is 7.05. The van der Waals surface area contributed by atoms with E-state index in [4.69, 9.17) is 13.7 Å². The van der Waals surface area contributed by atoms with Crippen LogP contribution in [-0.4, -0.2) is 61.3 Å². The highest BCUT2D eigenvalue weighted by Gasteiger charge is 2.32. The van der Waals surface area contributed by atoms with E-state index in [1.807, 2.05) is 17.0 Å². The van der Waals surface area contributed by atoms with E-state index in [1.165, 1.54) is 16.8 Å². The molecule has 3 aromatic rings. The molecule has 0 unspecified atom stereocenters. The number of nitrogens with zero attached hydrogens (tertiary/aromatic N) is 3. The molecule has 182 valence electrons. The third kappa shape index (κ3) is 5.01. The maximum absolute atomic E-state index is 14.5. The van der Waals surface area contributed by atoms with Crippen molar-refractivity contribution in [1.82, 2.24) is 14.7 Å². The number of benzene rings is 2. The van der Waals surface area contributed by atoms with Gasteiger partial charge in [-0.15, -0.1) is 0 Å². The molecule has 1 aliphatic heterocycles. The number of hydrogen-bond acceptors (Lipinski definition) is 8. The molecule has 1 N–H and O–H groups in total. The maximum Gasteiger partial charge on any atom is 0.311 e. The molecule has 0 radical (unpaired) electrons. The van der Waals surface area contributed by atoms with Gasteiger partial charge in [0.15, 0.2) is 11.5 Å². The fraction of sp³-hybridized carbons (Fsp3) is 0.348. The summed E-state index contributed by atoms with van der Waals surface area (Å²) in [4.78, 5) is 1.96. The van der Waals surface area contributed by atoms with Crippen molar-refractivity contribution in [1.29, 1.82) is 0 Å². The molecule has 0 fully saturated rings.